The van der Waals surface area contributed by atoms with Gasteiger partial charge in [0.15, 0.2) is 0 Å². The van der Waals surface area contributed by atoms with Crippen molar-refractivity contribution >= 4 is 5.91 Å². The van der Waals surface area contributed by atoms with E-state index in [9.17, 15) is 9.90 Å². The summed E-state index contributed by atoms with van der Waals surface area (Å²) in [6.45, 7) is 15.8. The summed E-state index contributed by atoms with van der Waals surface area (Å²) < 4.78 is 5.85. The number of aliphatic hydroxyl groups is 1. The first kappa shape index (κ1) is 48.9. The zero-order valence-electron chi connectivity index (χ0n) is 34.4. The minimum Gasteiger partial charge on any atom is -0.499 e. The van der Waals surface area contributed by atoms with Gasteiger partial charge in [0.05, 0.1) is 19.0 Å². The van der Waals surface area contributed by atoms with Crippen LogP contribution < -0.4 is 5.32 Å². The van der Waals surface area contributed by atoms with Crippen LogP contribution >= 0.6 is 0 Å². The largest absolute Gasteiger partial charge is 0.499 e. The highest BCUT2D eigenvalue weighted by Crippen LogP contribution is 2.20. The number of nitrogens with one attached hydrogen (secondary N) is 1. The number of hydrogen-bond donors (Lipinski definition) is 2. The van der Waals surface area contributed by atoms with E-state index in [0.717, 1.165) is 70.6 Å². The molecular weight excluding hydrogens is 617 g/mol. The molecule has 0 fully saturated rings. The predicted molar refractivity (Wildman–Crippen MR) is 220 cm³/mol. The summed E-state index contributed by atoms with van der Waals surface area (Å²) in [4.78, 5) is 15.5. The van der Waals surface area contributed by atoms with Gasteiger partial charge in [0.25, 0.3) is 0 Å². The van der Waals surface area contributed by atoms with Crippen molar-refractivity contribution in [1.29, 1.82) is 0 Å². The van der Waals surface area contributed by atoms with Gasteiger partial charge in [0.2, 0.25) is 5.91 Å². The maximum absolute atomic E-state index is 13.1. The molecule has 0 unspecified atom stereocenters. The van der Waals surface area contributed by atoms with Crippen LogP contribution in [-0.2, 0) is 9.53 Å². The van der Waals surface area contributed by atoms with E-state index in [-0.39, 0.29) is 12.5 Å². The highest BCUT2D eigenvalue weighted by molar-refractivity contribution is 5.78. The summed E-state index contributed by atoms with van der Waals surface area (Å²) in [6.07, 6.45) is 40.1. The average molecular weight is 707 g/mol. The first-order valence-corrected chi connectivity index (χ1v) is 22.5. The molecule has 0 saturated carbocycles. The monoisotopic (exact) mass is 707 g/mol. The molecule has 0 atom stereocenters. The zero-order chi connectivity index (χ0) is 36.6. The molecule has 0 spiro atoms. The molecule has 1 amide bonds. The van der Waals surface area contributed by atoms with E-state index in [1.54, 1.807) is 0 Å². The Balaban J connectivity index is 3.94. The van der Waals surface area contributed by atoms with Gasteiger partial charge in [-0.05, 0) is 58.0 Å². The predicted octanol–water partition coefficient (Wildman–Crippen LogP) is 13.1. The van der Waals surface area contributed by atoms with Crippen molar-refractivity contribution in [1.82, 2.24) is 10.2 Å². The maximum Gasteiger partial charge on any atom is 0.223 e. The summed E-state index contributed by atoms with van der Waals surface area (Å²) in [5.74, 6) is 1.51. The second-order valence-electron chi connectivity index (χ2n) is 15.5. The van der Waals surface area contributed by atoms with Crippen LogP contribution in [0.1, 0.15) is 226 Å². The van der Waals surface area contributed by atoms with Crippen LogP contribution in [0.2, 0.25) is 0 Å². The molecule has 0 aliphatic rings. The number of carbonyl (C=O) groups is 1. The van der Waals surface area contributed by atoms with Crippen LogP contribution in [0.4, 0.5) is 0 Å². The zero-order valence-corrected chi connectivity index (χ0v) is 34.4. The van der Waals surface area contributed by atoms with Crippen molar-refractivity contribution in [3.05, 3.63) is 12.3 Å². The highest BCUT2D eigenvalue weighted by atomic mass is 16.5. The molecule has 2 N–H and O–H groups in total. The number of amides is 1. The molecule has 0 bridgehead atoms. The molecule has 0 aromatic heterocycles. The Kier molecular flexibility index (Phi) is 39.8. The number of ether oxygens (including phenoxy) is 1. The summed E-state index contributed by atoms with van der Waals surface area (Å²) in [5.41, 5.74) is 0. The van der Waals surface area contributed by atoms with Gasteiger partial charge >= 0.3 is 0 Å². The number of aliphatic hydroxyl groups excluding tert-OH is 1. The third-order valence-electron chi connectivity index (χ3n) is 10.5. The van der Waals surface area contributed by atoms with Gasteiger partial charge in [0, 0.05) is 25.4 Å². The van der Waals surface area contributed by atoms with Crippen molar-refractivity contribution < 1.29 is 14.6 Å². The van der Waals surface area contributed by atoms with Crippen molar-refractivity contribution in [2.45, 2.75) is 226 Å². The lowest BCUT2D eigenvalue weighted by atomic mass is 9.93. The Labute approximate surface area is 313 Å². The lowest BCUT2D eigenvalue weighted by molar-refractivity contribution is -0.125. The lowest BCUT2D eigenvalue weighted by Gasteiger charge is -2.21. The second-order valence-corrected chi connectivity index (χ2v) is 15.5. The van der Waals surface area contributed by atoms with Gasteiger partial charge in [-0.15, -0.1) is 0 Å². The Morgan fingerprint density at radius 3 is 1.48 bits per heavy atom. The van der Waals surface area contributed by atoms with Gasteiger partial charge in [-0.3, -0.25) is 4.79 Å². The molecule has 0 rings (SSSR count). The van der Waals surface area contributed by atoms with E-state index >= 15 is 0 Å². The van der Waals surface area contributed by atoms with E-state index in [0.29, 0.717) is 5.91 Å². The van der Waals surface area contributed by atoms with Crippen LogP contribution in [0.5, 0.6) is 0 Å². The SMILES string of the molecule is C=C(CCCCCCCN(CCO)CCCCCCCNC(=O)C(CCCCCCCC)CCCCCCCC)OCCCCCCCCC. The molecule has 50 heavy (non-hydrogen) atoms. The van der Waals surface area contributed by atoms with Gasteiger partial charge in [0.1, 0.15) is 0 Å². The number of carbonyl (C=O) groups excluding carboxylic acids is 1. The molecule has 0 saturated heterocycles. The fourth-order valence-electron chi connectivity index (χ4n) is 7.11. The quantitative estimate of drug-likeness (QED) is 0.0490. The molecule has 0 radical (unpaired) electrons. The molecule has 0 aromatic rings. The number of hydrogen-bond acceptors (Lipinski definition) is 4. The van der Waals surface area contributed by atoms with Crippen molar-refractivity contribution in [2.24, 2.45) is 5.92 Å². The molecule has 0 aromatic carbocycles. The van der Waals surface area contributed by atoms with Crippen molar-refractivity contribution in [3.8, 4) is 0 Å². The highest BCUT2D eigenvalue weighted by Gasteiger charge is 2.17. The molecule has 0 aliphatic heterocycles. The van der Waals surface area contributed by atoms with E-state index in [2.05, 4.69) is 37.6 Å². The third kappa shape index (κ3) is 35.3. The third-order valence-corrected chi connectivity index (χ3v) is 10.5. The number of allylic oxidation sites excluding steroid dienone is 1. The van der Waals surface area contributed by atoms with E-state index in [1.807, 2.05) is 0 Å². The van der Waals surface area contributed by atoms with Crippen LogP contribution in [0.3, 0.4) is 0 Å². The van der Waals surface area contributed by atoms with Gasteiger partial charge in [-0.25, -0.2) is 0 Å². The first-order valence-electron chi connectivity index (χ1n) is 22.5. The minimum absolute atomic E-state index is 0.217. The topological polar surface area (TPSA) is 61.8 Å². The Bertz CT molecular complexity index is 684. The van der Waals surface area contributed by atoms with Crippen LogP contribution in [-0.4, -0.2) is 55.3 Å². The second kappa shape index (κ2) is 40.7. The molecule has 0 heterocycles. The molecule has 5 nitrogen and oxygen atoms in total. The van der Waals surface area contributed by atoms with E-state index in [1.165, 1.54) is 173 Å². The minimum atomic E-state index is 0.217. The number of nitrogens with zero attached hydrogens (tertiary/aromatic N) is 1. The normalized spacial score (nSPS) is 11.6. The summed E-state index contributed by atoms with van der Waals surface area (Å²) in [6, 6.07) is 0. The Morgan fingerprint density at radius 2 is 0.980 bits per heavy atom. The van der Waals surface area contributed by atoms with Crippen molar-refractivity contribution in [3.63, 3.8) is 0 Å². The van der Waals surface area contributed by atoms with E-state index < -0.39 is 0 Å². The Hall–Kier alpha value is -1.07. The van der Waals surface area contributed by atoms with Crippen molar-refractivity contribution in [2.75, 3.05) is 39.4 Å². The van der Waals surface area contributed by atoms with Gasteiger partial charge < -0.3 is 20.1 Å². The Morgan fingerprint density at radius 1 is 0.560 bits per heavy atom. The van der Waals surface area contributed by atoms with Crippen LogP contribution in [0, 0.1) is 5.92 Å². The molecular formula is C45H90N2O3. The van der Waals surface area contributed by atoms with Crippen LogP contribution in [0.15, 0.2) is 12.3 Å². The van der Waals surface area contributed by atoms with Gasteiger partial charge in [-0.2, -0.15) is 0 Å². The standard InChI is InChI=1S/C45H90N2O3/c1-5-8-11-14-17-26-33-42-50-43(4)34-27-20-18-24-31-38-47(40-41-48)39-32-25-19-23-30-37-46-45(49)44(35-28-21-15-12-9-6-2)36-29-22-16-13-10-7-3/h44,48H,4-42H2,1-3H3,(H,46,49). The average Bonchev–Trinajstić information content (AvgIpc) is 3.11. The molecule has 5 heteroatoms. The summed E-state index contributed by atoms with van der Waals surface area (Å²) >= 11 is 0. The summed E-state index contributed by atoms with van der Waals surface area (Å²) in [5, 5.41) is 12.9. The fraction of sp³-hybridized carbons (Fsp3) is 0.933. The summed E-state index contributed by atoms with van der Waals surface area (Å²) in [7, 11) is 0. The smallest absolute Gasteiger partial charge is 0.223 e. The number of rotatable bonds is 42. The maximum atomic E-state index is 13.1. The van der Waals surface area contributed by atoms with Crippen LogP contribution in [0.25, 0.3) is 0 Å². The molecule has 298 valence electrons. The fourth-order valence-corrected chi connectivity index (χ4v) is 7.11. The van der Waals surface area contributed by atoms with Gasteiger partial charge in [-0.1, -0.05) is 181 Å². The molecule has 0 aliphatic carbocycles. The number of unbranched alkanes of at least 4 members (excludes halogenated alkanes) is 24. The first-order chi connectivity index (χ1) is 24.6. The van der Waals surface area contributed by atoms with E-state index in [4.69, 9.17) is 4.74 Å². The lowest BCUT2D eigenvalue weighted by Crippen LogP contribution is -2.31.